The van der Waals surface area contributed by atoms with Crippen molar-refractivity contribution in [2.75, 3.05) is 25.0 Å². The molecular weight excluding hydrogens is 464 g/mol. The Kier molecular flexibility index (Phi) is 7.76. The zero-order valence-electron chi connectivity index (χ0n) is 19.9. The highest BCUT2D eigenvalue weighted by Gasteiger charge is 2.34. The van der Waals surface area contributed by atoms with Gasteiger partial charge in [0, 0.05) is 30.0 Å². The smallest absolute Gasteiger partial charge is 0.410 e. The number of carbonyl (C=O) groups is 2. The third kappa shape index (κ3) is 6.49. The summed E-state index contributed by atoms with van der Waals surface area (Å²) in [6.45, 7) is 10.2. The van der Waals surface area contributed by atoms with Gasteiger partial charge in [0.05, 0.1) is 28.6 Å². The number of piperidine rings is 1. The maximum atomic E-state index is 13.2. The monoisotopic (exact) mass is 496 g/mol. The van der Waals surface area contributed by atoms with Crippen molar-refractivity contribution in [3.63, 3.8) is 0 Å². The third-order valence-electron chi connectivity index (χ3n) is 5.46. The van der Waals surface area contributed by atoms with Crippen molar-refractivity contribution in [1.82, 2.24) is 14.7 Å². The molecule has 1 fully saturated rings. The summed E-state index contributed by atoms with van der Waals surface area (Å²) in [4.78, 5) is 28.5. The Labute approximate surface area is 203 Å². The number of ether oxygens (including phenoxy) is 1. The van der Waals surface area contributed by atoms with Gasteiger partial charge >= 0.3 is 6.09 Å². The summed E-state index contributed by atoms with van der Waals surface area (Å²) in [5.74, 6) is 0.229. The van der Waals surface area contributed by atoms with Crippen molar-refractivity contribution in [3.05, 3.63) is 33.1 Å². The van der Waals surface area contributed by atoms with Crippen LogP contribution in [0.1, 0.15) is 68.7 Å². The van der Waals surface area contributed by atoms with E-state index in [1.807, 2.05) is 39.0 Å². The van der Waals surface area contributed by atoms with E-state index >= 15 is 0 Å². The number of aromatic nitrogens is 2. The van der Waals surface area contributed by atoms with E-state index in [4.69, 9.17) is 16.3 Å². The number of thiophene rings is 1. The number of hydrogen-bond donors (Lipinski definition) is 2. The number of amides is 1. The lowest BCUT2D eigenvalue weighted by molar-refractivity contribution is 0.0196. The molecule has 1 aliphatic rings. The normalized spacial score (nSPS) is 17.2. The molecule has 182 valence electrons. The second-order valence-electron chi connectivity index (χ2n) is 10.0. The van der Waals surface area contributed by atoms with Gasteiger partial charge in [0.1, 0.15) is 11.4 Å². The second kappa shape index (κ2) is 10.0. The number of rotatable bonds is 6. The van der Waals surface area contributed by atoms with Crippen molar-refractivity contribution >= 4 is 40.8 Å². The molecule has 2 aromatic heterocycles. The topological polar surface area (TPSA) is 96.7 Å². The lowest BCUT2D eigenvalue weighted by atomic mass is 9.94. The fourth-order valence-corrected chi connectivity index (χ4v) is 4.60. The molecule has 3 heterocycles. The lowest BCUT2D eigenvalue weighted by Gasteiger charge is -2.33. The molecule has 1 aliphatic heterocycles. The highest BCUT2D eigenvalue weighted by Crippen LogP contribution is 2.31. The summed E-state index contributed by atoms with van der Waals surface area (Å²) in [5, 5.41) is 17.6. The van der Waals surface area contributed by atoms with E-state index in [0.29, 0.717) is 29.8 Å². The molecule has 2 aromatic rings. The predicted octanol–water partition coefficient (Wildman–Crippen LogP) is 4.98. The Balaban J connectivity index is 1.83. The SMILES string of the molecule is CC(C)(C)OC(=O)N1CCCC(c2cc(NCc3ccc(Cl)s3)n(C(=O)C(C)(C)CO)n2)C1. The summed E-state index contributed by atoms with van der Waals surface area (Å²) in [6.07, 6.45) is 1.34. The van der Waals surface area contributed by atoms with Gasteiger partial charge in [-0.2, -0.15) is 9.78 Å². The Morgan fingerprint density at radius 2 is 2.03 bits per heavy atom. The maximum Gasteiger partial charge on any atom is 0.410 e. The van der Waals surface area contributed by atoms with Crippen LogP contribution in [0.15, 0.2) is 18.2 Å². The van der Waals surface area contributed by atoms with Gasteiger partial charge in [-0.05, 0) is 59.6 Å². The number of carbonyl (C=O) groups excluding carboxylic acids is 2. The van der Waals surface area contributed by atoms with Crippen LogP contribution < -0.4 is 5.32 Å². The minimum Gasteiger partial charge on any atom is -0.444 e. The second-order valence-corrected chi connectivity index (χ2v) is 11.8. The van der Waals surface area contributed by atoms with E-state index in [2.05, 4.69) is 10.4 Å². The molecule has 0 spiro atoms. The third-order valence-corrected chi connectivity index (χ3v) is 6.69. The predicted molar refractivity (Wildman–Crippen MR) is 130 cm³/mol. The molecule has 0 aliphatic carbocycles. The number of nitrogens with one attached hydrogen (secondary N) is 1. The number of anilines is 1. The average Bonchev–Trinajstić information content (AvgIpc) is 3.36. The lowest BCUT2D eigenvalue weighted by Crippen LogP contribution is -2.42. The first kappa shape index (κ1) is 25.5. The Morgan fingerprint density at radius 1 is 1.30 bits per heavy atom. The number of halogens is 1. The van der Waals surface area contributed by atoms with E-state index < -0.39 is 11.0 Å². The van der Waals surface area contributed by atoms with Gasteiger partial charge in [0.25, 0.3) is 5.91 Å². The van der Waals surface area contributed by atoms with Crippen molar-refractivity contribution in [2.45, 2.75) is 65.5 Å². The number of aliphatic hydroxyl groups excluding tert-OH is 1. The average molecular weight is 497 g/mol. The summed E-state index contributed by atoms with van der Waals surface area (Å²) in [7, 11) is 0. The summed E-state index contributed by atoms with van der Waals surface area (Å²) in [6, 6.07) is 5.63. The molecule has 8 nitrogen and oxygen atoms in total. The van der Waals surface area contributed by atoms with E-state index in [1.165, 1.54) is 16.0 Å². The van der Waals surface area contributed by atoms with Gasteiger partial charge in [-0.1, -0.05) is 11.6 Å². The van der Waals surface area contributed by atoms with E-state index in [9.17, 15) is 14.7 Å². The summed E-state index contributed by atoms with van der Waals surface area (Å²) >= 11 is 7.50. The van der Waals surface area contributed by atoms with Gasteiger partial charge in [-0.15, -0.1) is 11.3 Å². The summed E-state index contributed by atoms with van der Waals surface area (Å²) < 4.78 is 7.57. The number of nitrogens with zero attached hydrogens (tertiary/aromatic N) is 3. The van der Waals surface area contributed by atoms with E-state index in [1.54, 1.807) is 18.7 Å². The Hall–Kier alpha value is -2.10. The molecule has 0 aromatic carbocycles. The first-order valence-corrected chi connectivity index (χ1v) is 12.3. The van der Waals surface area contributed by atoms with Crippen LogP contribution in [-0.2, 0) is 11.3 Å². The first-order valence-electron chi connectivity index (χ1n) is 11.1. The van der Waals surface area contributed by atoms with Crippen LogP contribution in [0.2, 0.25) is 4.34 Å². The van der Waals surface area contributed by atoms with Crippen LogP contribution in [-0.4, -0.2) is 57.1 Å². The van der Waals surface area contributed by atoms with Crippen molar-refractivity contribution < 1.29 is 19.4 Å². The fraction of sp³-hybridized carbons (Fsp3) is 0.609. The molecule has 33 heavy (non-hydrogen) atoms. The van der Waals surface area contributed by atoms with E-state index in [0.717, 1.165) is 23.4 Å². The van der Waals surface area contributed by atoms with Gasteiger partial charge in [0.2, 0.25) is 0 Å². The van der Waals surface area contributed by atoms with Crippen LogP contribution in [0.5, 0.6) is 0 Å². The maximum absolute atomic E-state index is 13.2. The number of aliphatic hydroxyl groups is 1. The minimum atomic E-state index is -0.985. The molecule has 0 saturated carbocycles. The minimum absolute atomic E-state index is 0.0192. The Morgan fingerprint density at radius 3 is 2.64 bits per heavy atom. The number of likely N-dealkylation sites (tertiary alicyclic amines) is 1. The molecule has 2 N–H and O–H groups in total. The quantitative estimate of drug-likeness (QED) is 0.585. The molecule has 3 rings (SSSR count). The van der Waals surface area contributed by atoms with Crippen LogP contribution in [0.4, 0.5) is 10.6 Å². The van der Waals surface area contributed by atoms with Crippen LogP contribution >= 0.6 is 22.9 Å². The van der Waals surface area contributed by atoms with Crippen molar-refractivity contribution in [3.8, 4) is 0 Å². The van der Waals surface area contributed by atoms with Crippen molar-refractivity contribution in [1.29, 1.82) is 0 Å². The standard InChI is InChI=1S/C23H33ClN4O4S/c1-22(2,3)32-21(31)27-10-6-7-15(13-27)17-11-19(25-12-16-8-9-18(24)33-16)28(26-17)20(30)23(4,5)14-29/h8-9,11,15,25,29H,6-7,10,12-14H2,1-5H3. The highest BCUT2D eigenvalue weighted by molar-refractivity contribution is 7.16. The zero-order chi connectivity index (χ0) is 24.4. The zero-order valence-corrected chi connectivity index (χ0v) is 21.4. The molecule has 0 radical (unpaired) electrons. The fourth-order valence-electron chi connectivity index (χ4n) is 3.57. The van der Waals surface area contributed by atoms with Gasteiger partial charge < -0.3 is 20.1 Å². The van der Waals surface area contributed by atoms with Gasteiger partial charge in [0.15, 0.2) is 0 Å². The molecule has 1 amide bonds. The largest absolute Gasteiger partial charge is 0.444 e. The van der Waals surface area contributed by atoms with E-state index in [-0.39, 0.29) is 24.5 Å². The molecule has 1 atom stereocenters. The molecule has 0 bridgehead atoms. The first-order chi connectivity index (χ1) is 15.4. The molecule has 1 saturated heterocycles. The van der Waals surface area contributed by atoms with Crippen LogP contribution in [0, 0.1) is 5.41 Å². The van der Waals surface area contributed by atoms with Crippen molar-refractivity contribution in [2.24, 2.45) is 5.41 Å². The van der Waals surface area contributed by atoms with Crippen LogP contribution in [0.25, 0.3) is 0 Å². The Bertz CT molecular complexity index is 995. The molecular formula is C23H33ClN4O4S. The van der Waals surface area contributed by atoms with Gasteiger partial charge in [-0.3, -0.25) is 4.79 Å². The summed E-state index contributed by atoms with van der Waals surface area (Å²) in [5.41, 5.74) is -0.811. The number of hydrogen-bond acceptors (Lipinski definition) is 7. The molecule has 1 unspecified atom stereocenters. The van der Waals surface area contributed by atoms with Gasteiger partial charge in [-0.25, -0.2) is 4.79 Å². The van der Waals surface area contributed by atoms with Crippen LogP contribution in [0.3, 0.4) is 0 Å². The molecule has 10 heteroatoms. The highest BCUT2D eigenvalue weighted by atomic mass is 35.5.